The third-order valence-electron chi connectivity index (χ3n) is 6.68. The molecule has 162 valence electrons. The van der Waals surface area contributed by atoms with Crippen LogP contribution < -0.4 is 10.6 Å². The molecular formula is C22H34Br2N2S2Si. The Morgan fingerprint density at radius 1 is 0.759 bits per heavy atom. The molecule has 29 heavy (non-hydrogen) atoms. The second kappa shape index (κ2) is 10.8. The first kappa shape index (κ1) is 24.1. The molecule has 0 fully saturated rings. The van der Waals surface area contributed by atoms with Crippen LogP contribution in [0.25, 0.3) is 9.75 Å². The molecule has 0 aromatic carbocycles. The molecule has 7 heteroatoms. The van der Waals surface area contributed by atoms with Crippen molar-refractivity contribution in [3.63, 3.8) is 0 Å². The van der Waals surface area contributed by atoms with Crippen molar-refractivity contribution in [2.75, 3.05) is 0 Å². The number of fused-ring (bicyclic) bond motifs is 3. The molecule has 2 atom stereocenters. The minimum absolute atomic E-state index is 0.796. The third kappa shape index (κ3) is 5.10. The van der Waals surface area contributed by atoms with Gasteiger partial charge in [-0.3, -0.25) is 0 Å². The molecule has 2 unspecified atom stereocenters. The molecule has 2 aromatic rings. The van der Waals surface area contributed by atoms with E-state index in [2.05, 4.69) is 59.6 Å². The van der Waals surface area contributed by atoms with Crippen molar-refractivity contribution in [1.82, 2.24) is 9.97 Å². The van der Waals surface area contributed by atoms with Crippen molar-refractivity contribution in [1.29, 1.82) is 0 Å². The van der Waals surface area contributed by atoms with E-state index in [9.17, 15) is 0 Å². The summed E-state index contributed by atoms with van der Waals surface area (Å²) in [6.07, 6.45) is 10.5. The highest BCUT2D eigenvalue weighted by Gasteiger charge is 2.52. The highest BCUT2D eigenvalue weighted by molar-refractivity contribution is 9.11. The number of hydrogen-bond donors (Lipinski definition) is 0. The average Bonchev–Trinajstić information content (AvgIpc) is 3.34. The second-order valence-corrected chi connectivity index (χ2v) is 17.1. The van der Waals surface area contributed by atoms with Gasteiger partial charge in [0.2, 0.25) is 0 Å². The van der Waals surface area contributed by atoms with Gasteiger partial charge in [-0.2, -0.15) is 0 Å². The molecule has 0 N–H and O–H groups in total. The summed E-state index contributed by atoms with van der Waals surface area (Å²) >= 11 is 11.1. The van der Waals surface area contributed by atoms with Crippen LogP contribution >= 0.6 is 54.5 Å². The summed E-state index contributed by atoms with van der Waals surface area (Å²) in [5.74, 6) is 1.59. The van der Waals surface area contributed by atoms with E-state index in [1.54, 1.807) is 0 Å². The minimum Gasteiger partial charge on any atom is -0.238 e. The topological polar surface area (TPSA) is 25.8 Å². The maximum Gasteiger partial charge on any atom is 0.169 e. The lowest BCUT2D eigenvalue weighted by Gasteiger charge is -2.33. The summed E-state index contributed by atoms with van der Waals surface area (Å²) in [6, 6.07) is 2.66. The molecule has 0 spiro atoms. The van der Waals surface area contributed by atoms with E-state index in [-0.39, 0.29) is 0 Å². The second-order valence-electron chi connectivity index (χ2n) is 8.61. The third-order valence-corrected chi connectivity index (χ3v) is 15.3. The van der Waals surface area contributed by atoms with Crippen molar-refractivity contribution in [3.05, 3.63) is 7.83 Å². The number of thiazole rings is 2. The fraction of sp³-hybridized carbons (Fsp3) is 0.727. The van der Waals surface area contributed by atoms with E-state index in [1.807, 2.05) is 22.7 Å². The molecule has 0 saturated carbocycles. The molecule has 0 radical (unpaired) electrons. The number of aromatic nitrogens is 2. The number of rotatable bonds is 12. The van der Waals surface area contributed by atoms with Gasteiger partial charge in [0.05, 0.1) is 20.4 Å². The van der Waals surface area contributed by atoms with E-state index in [0.29, 0.717) is 0 Å². The van der Waals surface area contributed by atoms with Gasteiger partial charge in [0.15, 0.2) is 15.9 Å². The van der Waals surface area contributed by atoms with Crippen LogP contribution in [0, 0.1) is 11.8 Å². The van der Waals surface area contributed by atoms with Crippen LogP contribution in [-0.4, -0.2) is 18.0 Å². The van der Waals surface area contributed by atoms with Gasteiger partial charge in [-0.05, 0) is 55.8 Å². The van der Waals surface area contributed by atoms with Crippen molar-refractivity contribution >= 4 is 73.2 Å². The highest BCUT2D eigenvalue weighted by atomic mass is 79.9. The zero-order chi connectivity index (χ0) is 21.0. The van der Waals surface area contributed by atoms with Crippen LogP contribution in [0.15, 0.2) is 7.83 Å². The Morgan fingerprint density at radius 2 is 1.17 bits per heavy atom. The smallest absolute Gasteiger partial charge is 0.169 e. The summed E-state index contributed by atoms with van der Waals surface area (Å²) < 4.78 is 2.11. The normalized spacial score (nSPS) is 16.6. The van der Waals surface area contributed by atoms with Crippen molar-refractivity contribution in [3.8, 4) is 9.75 Å². The lowest BCUT2D eigenvalue weighted by molar-refractivity contribution is 0.468. The zero-order valence-corrected chi connectivity index (χ0v) is 24.0. The van der Waals surface area contributed by atoms with Gasteiger partial charge in [0.1, 0.15) is 0 Å². The van der Waals surface area contributed by atoms with Crippen molar-refractivity contribution < 1.29 is 0 Å². The maximum atomic E-state index is 5.14. The van der Waals surface area contributed by atoms with Crippen molar-refractivity contribution in [2.24, 2.45) is 11.8 Å². The summed E-state index contributed by atoms with van der Waals surface area (Å²) in [6.45, 7) is 9.42. The first-order valence-electron chi connectivity index (χ1n) is 11.3. The van der Waals surface area contributed by atoms with E-state index < -0.39 is 8.07 Å². The molecule has 1 aliphatic heterocycles. The Labute approximate surface area is 202 Å². The minimum atomic E-state index is -1.96. The summed E-state index contributed by atoms with van der Waals surface area (Å²) in [5.41, 5.74) is 0. The molecule has 2 nitrogen and oxygen atoms in total. The first-order chi connectivity index (χ1) is 14.0. The van der Waals surface area contributed by atoms with Gasteiger partial charge in [-0.15, -0.1) is 22.7 Å². The number of unbranched alkanes of at least 4 members (excludes halogenated alkanes) is 2. The quantitative estimate of drug-likeness (QED) is 0.238. The van der Waals surface area contributed by atoms with Gasteiger partial charge < -0.3 is 0 Å². The van der Waals surface area contributed by atoms with Crippen LogP contribution in [0.5, 0.6) is 0 Å². The summed E-state index contributed by atoms with van der Waals surface area (Å²) in [4.78, 5) is 13.1. The molecule has 3 heterocycles. The van der Waals surface area contributed by atoms with E-state index >= 15 is 0 Å². The Kier molecular flexibility index (Phi) is 9.00. The fourth-order valence-corrected chi connectivity index (χ4v) is 15.9. The molecule has 0 aliphatic carbocycles. The maximum absolute atomic E-state index is 5.14. The number of nitrogens with zero attached hydrogens (tertiary/aromatic N) is 2. The lowest BCUT2D eigenvalue weighted by atomic mass is 10.0. The number of hydrogen-bond acceptors (Lipinski definition) is 4. The molecule has 0 saturated heterocycles. The Hall–Kier alpha value is 0.437. The number of halogens is 2. The molecule has 0 amide bonds. The van der Waals surface area contributed by atoms with Crippen molar-refractivity contribution in [2.45, 2.75) is 91.1 Å². The predicted octanol–water partition coefficient (Wildman–Crippen LogP) is 8.10. The Morgan fingerprint density at radius 3 is 1.52 bits per heavy atom. The molecule has 1 aliphatic rings. The van der Waals surface area contributed by atoms with Crippen LogP contribution in [0.2, 0.25) is 12.1 Å². The summed E-state index contributed by atoms with van der Waals surface area (Å²) in [7, 11) is -1.96. The lowest BCUT2D eigenvalue weighted by Crippen LogP contribution is -2.58. The molecular weight excluding hydrogens is 544 g/mol. The van der Waals surface area contributed by atoms with Gasteiger partial charge in [-0.25, -0.2) is 9.97 Å². The standard InChI is InChI=1S/C22H34Br2N2S2Si/c1-5-9-11-15(7-3)13-29(14-16(8-4)12-10-6-2)19-17(27-21(23)25-19)18-20(29)26-22(24)28-18/h15-16H,5-14H2,1-4H3. The van der Waals surface area contributed by atoms with E-state index in [1.165, 1.54) is 83.8 Å². The van der Waals surface area contributed by atoms with Gasteiger partial charge in [-0.1, -0.05) is 79.1 Å². The van der Waals surface area contributed by atoms with Crippen LogP contribution in [0.4, 0.5) is 0 Å². The van der Waals surface area contributed by atoms with Gasteiger partial charge >= 0.3 is 0 Å². The fourth-order valence-electron chi connectivity index (χ4n) is 5.00. The molecule has 2 aromatic heterocycles. The average molecular weight is 579 g/mol. The summed E-state index contributed by atoms with van der Waals surface area (Å²) in [5, 5.41) is 2.92. The Balaban J connectivity index is 2.06. The largest absolute Gasteiger partial charge is 0.238 e. The van der Waals surface area contributed by atoms with Crippen LogP contribution in [0.3, 0.4) is 0 Å². The first-order valence-corrected chi connectivity index (χ1v) is 17.0. The highest BCUT2D eigenvalue weighted by Crippen LogP contribution is 2.45. The predicted molar refractivity (Wildman–Crippen MR) is 140 cm³/mol. The zero-order valence-electron chi connectivity index (χ0n) is 18.2. The van der Waals surface area contributed by atoms with Gasteiger partial charge in [0.25, 0.3) is 0 Å². The molecule has 0 bridgehead atoms. The SMILES string of the molecule is CCCCC(CC)C[Si]1(CC(CC)CCCC)c2nc(Br)sc2-c2sc(Br)nc21. The van der Waals surface area contributed by atoms with E-state index in [4.69, 9.17) is 9.97 Å². The monoisotopic (exact) mass is 576 g/mol. The Bertz CT molecular complexity index is 739. The molecule has 3 rings (SSSR count). The van der Waals surface area contributed by atoms with Crippen LogP contribution in [0.1, 0.15) is 79.1 Å². The van der Waals surface area contributed by atoms with Gasteiger partial charge in [0, 0.05) is 0 Å². The van der Waals surface area contributed by atoms with Crippen LogP contribution in [-0.2, 0) is 0 Å². The van der Waals surface area contributed by atoms with E-state index in [0.717, 1.165) is 19.7 Å².